The summed E-state index contributed by atoms with van der Waals surface area (Å²) in [6, 6.07) is 0. The van der Waals surface area contributed by atoms with E-state index in [0.29, 0.717) is 11.1 Å². The van der Waals surface area contributed by atoms with Crippen LogP contribution in [-0.4, -0.2) is 23.1 Å². The van der Waals surface area contributed by atoms with E-state index in [1.54, 1.807) is 55.4 Å². The van der Waals surface area contributed by atoms with Gasteiger partial charge in [-0.05, 0) is 49.9 Å². The Bertz CT molecular complexity index is 673. The van der Waals surface area contributed by atoms with Crippen LogP contribution in [0.1, 0.15) is 83.5 Å². The van der Waals surface area contributed by atoms with Crippen LogP contribution in [0.5, 0.6) is 0 Å². The highest BCUT2D eigenvalue weighted by atomic mass is 16.2. The summed E-state index contributed by atoms with van der Waals surface area (Å²) in [6.07, 6.45) is -0.255. The van der Waals surface area contributed by atoms with Crippen LogP contribution in [-0.2, 0) is 9.59 Å². The molecule has 1 aromatic carbocycles. The first-order valence-electron chi connectivity index (χ1n) is 9.12. The third-order valence-electron chi connectivity index (χ3n) is 5.14. The summed E-state index contributed by atoms with van der Waals surface area (Å²) in [6.45, 7) is 14.3. The van der Waals surface area contributed by atoms with Crippen LogP contribution in [0.15, 0.2) is 0 Å². The molecule has 142 valence electrons. The Morgan fingerprint density at radius 2 is 0.808 bits per heavy atom. The standard InChI is InChI=1S/C22H30O4/c1-11(2)17(23)9-19(25)21-13(5)15(7)22(16(8)14(21)6)20(26)10-18(24)12(3)4/h11-12H,9-10H2,1-8H3. The highest BCUT2D eigenvalue weighted by Gasteiger charge is 2.25. The van der Waals surface area contributed by atoms with Crippen molar-refractivity contribution in [3.63, 3.8) is 0 Å². The van der Waals surface area contributed by atoms with Crippen molar-refractivity contribution in [2.24, 2.45) is 11.8 Å². The molecule has 4 nitrogen and oxygen atoms in total. The Balaban J connectivity index is 3.37. The van der Waals surface area contributed by atoms with Crippen molar-refractivity contribution in [2.75, 3.05) is 0 Å². The second-order valence-electron chi connectivity index (χ2n) is 7.69. The van der Waals surface area contributed by atoms with E-state index < -0.39 is 0 Å². The fourth-order valence-electron chi connectivity index (χ4n) is 3.05. The van der Waals surface area contributed by atoms with Gasteiger partial charge in [-0.1, -0.05) is 27.7 Å². The van der Waals surface area contributed by atoms with Gasteiger partial charge in [0.15, 0.2) is 11.6 Å². The zero-order valence-electron chi connectivity index (χ0n) is 17.2. The van der Waals surface area contributed by atoms with E-state index >= 15 is 0 Å². The van der Waals surface area contributed by atoms with Crippen LogP contribution in [0.4, 0.5) is 0 Å². The maximum Gasteiger partial charge on any atom is 0.170 e. The van der Waals surface area contributed by atoms with Gasteiger partial charge in [0.05, 0.1) is 12.8 Å². The van der Waals surface area contributed by atoms with Gasteiger partial charge in [-0.25, -0.2) is 0 Å². The number of carbonyl (C=O) groups excluding carboxylic acids is 4. The van der Waals surface area contributed by atoms with Gasteiger partial charge in [0.1, 0.15) is 11.6 Å². The molecule has 1 rings (SSSR count). The number of ketones is 4. The van der Waals surface area contributed by atoms with Crippen LogP contribution in [0.25, 0.3) is 0 Å². The summed E-state index contributed by atoms with van der Waals surface area (Å²) in [4.78, 5) is 49.3. The molecule has 1 aromatic rings. The van der Waals surface area contributed by atoms with Crippen molar-refractivity contribution >= 4 is 23.1 Å². The molecule has 0 amide bonds. The van der Waals surface area contributed by atoms with Crippen molar-refractivity contribution < 1.29 is 19.2 Å². The molecule has 0 N–H and O–H groups in total. The quantitative estimate of drug-likeness (QED) is 0.506. The van der Waals surface area contributed by atoms with Gasteiger partial charge in [0, 0.05) is 23.0 Å². The maximum absolute atomic E-state index is 12.7. The highest BCUT2D eigenvalue weighted by molar-refractivity contribution is 6.13. The monoisotopic (exact) mass is 358 g/mol. The van der Waals surface area contributed by atoms with Crippen LogP contribution in [0.2, 0.25) is 0 Å². The third-order valence-corrected chi connectivity index (χ3v) is 5.14. The third kappa shape index (κ3) is 4.54. The Labute approximate surface area is 156 Å². The summed E-state index contributed by atoms with van der Waals surface area (Å²) < 4.78 is 0. The second-order valence-corrected chi connectivity index (χ2v) is 7.69. The van der Waals surface area contributed by atoms with Gasteiger partial charge in [-0.15, -0.1) is 0 Å². The van der Waals surface area contributed by atoms with E-state index in [-0.39, 0.29) is 47.8 Å². The molecule has 0 fully saturated rings. The van der Waals surface area contributed by atoms with Gasteiger partial charge in [-0.3, -0.25) is 19.2 Å². The number of hydrogen-bond acceptors (Lipinski definition) is 4. The first-order chi connectivity index (χ1) is 11.9. The smallest absolute Gasteiger partial charge is 0.170 e. The first-order valence-corrected chi connectivity index (χ1v) is 9.12. The molecule has 0 aliphatic carbocycles. The minimum absolute atomic E-state index is 0.0909. The molecule has 0 aliphatic heterocycles. The van der Waals surface area contributed by atoms with Crippen molar-refractivity contribution in [3.8, 4) is 0 Å². The average molecular weight is 358 g/mol. The van der Waals surface area contributed by atoms with Crippen LogP contribution in [0, 0.1) is 39.5 Å². The topological polar surface area (TPSA) is 68.3 Å². The molecule has 26 heavy (non-hydrogen) atoms. The molecule has 0 saturated carbocycles. The van der Waals surface area contributed by atoms with Gasteiger partial charge < -0.3 is 0 Å². The highest BCUT2D eigenvalue weighted by Crippen LogP contribution is 2.29. The predicted molar refractivity (Wildman–Crippen MR) is 103 cm³/mol. The van der Waals surface area contributed by atoms with E-state index in [9.17, 15) is 19.2 Å². The molecule has 0 aliphatic rings. The van der Waals surface area contributed by atoms with Gasteiger partial charge in [0.25, 0.3) is 0 Å². The largest absolute Gasteiger partial charge is 0.299 e. The molecule has 0 radical (unpaired) electrons. The van der Waals surface area contributed by atoms with E-state index in [0.717, 1.165) is 22.3 Å². The fourth-order valence-corrected chi connectivity index (χ4v) is 3.05. The fraction of sp³-hybridized carbons (Fsp3) is 0.545. The zero-order chi connectivity index (χ0) is 20.3. The van der Waals surface area contributed by atoms with Crippen molar-refractivity contribution in [2.45, 2.75) is 68.2 Å². The Morgan fingerprint density at radius 1 is 0.577 bits per heavy atom. The predicted octanol–water partition coefficient (Wildman–Crippen LogP) is 4.52. The minimum Gasteiger partial charge on any atom is -0.299 e. The Hall–Kier alpha value is -2.10. The van der Waals surface area contributed by atoms with Crippen LogP contribution in [0.3, 0.4) is 0 Å². The lowest BCUT2D eigenvalue weighted by atomic mass is 9.83. The van der Waals surface area contributed by atoms with Crippen LogP contribution < -0.4 is 0 Å². The lowest BCUT2D eigenvalue weighted by Crippen LogP contribution is -2.20. The minimum atomic E-state index is -0.206. The molecule has 0 bridgehead atoms. The molecule has 0 saturated heterocycles. The number of carbonyl (C=O) groups is 4. The molecular formula is C22H30O4. The van der Waals surface area contributed by atoms with Gasteiger partial charge in [0.2, 0.25) is 0 Å². The first kappa shape index (κ1) is 21.9. The van der Waals surface area contributed by atoms with E-state index in [1.807, 2.05) is 0 Å². The number of rotatable bonds is 8. The normalized spacial score (nSPS) is 11.2. The van der Waals surface area contributed by atoms with E-state index in [1.165, 1.54) is 0 Å². The zero-order valence-corrected chi connectivity index (χ0v) is 17.2. The number of benzene rings is 1. The van der Waals surface area contributed by atoms with Crippen molar-refractivity contribution in [3.05, 3.63) is 33.4 Å². The average Bonchev–Trinajstić information content (AvgIpc) is 2.52. The SMILES string of the molecule is Cc1c(C)c(C(=O)CC(=O)C(C)C)c(C)c(C)c1C(=O)CC(=O)C(C)C. The molecule has 0 atom stereocenters. The molecule has 0 unspecified atom stereocenters. The molecule has 0 spiro atoms. The molecule has 4 heteroatoms. The summed E-state index contributed by atoms with van der Waals surface area (Å²) in [5.41, 5.74) is 3.93. The molecule has 0 aromatic heterocycles. The summed E-state index contributed by atoms with van der Waals surface area (Å²) in [5.74, 6) is -0.975. The summed E-state index contributed by atoms with van der Waals surface area (Å²) >= 11 is 0. The lowest BCUT2D eigenvalue weighted by molar-refractivity contribution is -0.121. The summed E-state index contributed by atoms with van der Waals surface area (Å²) in [5, 5.41) is 0. The van der Waals surface area contributed by atoms with Crippen molar-refractivity contribution in [1.29, 1.82) is 0 Å². The molecule has 0 heterocycles. The second kappa shape index (κ2) is 8.52. The maximum atomic E-state index is 12.7. The number of Topliss-reactive ketones (excluding diaryl/α,β-unsaturated/α-hetero) is 4. The van der Waals surface area contributed by atoms with E-state index in [4.69, 9.17) is 0 Å². The van der Waals surface area contributed by atoms with Crippen LogP contribution >= 0.6 is 0 Å². The lowest BCUT2D eigenvalue weighted by Gasteiger charge is -2.19. The Morgan fingerprint density at radius 3 is 1.00 bits per heavy atom. The van der Waals surface area contributed by atoms with E-state index in [2.05, 4.69) is 0 Å². The molecular weight excluding hydrogens is 328 g/mol. The van der Waals surface area contributed by atoms with Crippen molar-refractivity contribution in [1.82, 2.24) is 0 Å². The number of hydrogen-bond donors (Lipinski definition) is 0. The van der Waals surface area contributed by atoms with Gasteiger partial charge in [-0.2, -0.15) is 0 Å². The summed E-state index contributed by atoms with van der Waals surface area (Å²) in [7, 11) is 0. The Kier molecular flexibility index (Phi) is 7.19. The van der Waals surface area contributed by atoms with Gasteiger partial charge >= 0.3 is 0 Å².